The van der Waals surface area contributed by atoms with Crippen LogP contribution >= 0.6 is 0 Å². The van der Waals surface area contributed by atoms with E-state index in [1.807, 2.05) is 13.8 Å². The van der Waals surface area contributed by atoms with Crippen LogP contribution in [0, 0.1) is 6.92 Å². The number of benzene rings is 1. The molecule has 1 fully saturated rings. The molecule has 0 aromatic heterocycles. The van der Waals surface area contributed by atoms with E-state index in [1.165, 1.54) is 19.3 Å². The molecule has 21 heavy (non-hydrogen) atoms. The molecule has 4 heteroatoms. The van der Waals surface area contributed by atoms with E-state index in [2.05, 4.69) is 16.8 Å². The molecular formula is C17H24N2O2. The number of aliphatic imine (C=N–C) groups is 1. The molecule has 1 aromatic carbocycles. The summed E-state index contributed by atoms with van der Waals surface area (Å²) >= 11 is 0. The largest absolute Gasteiger partial charge is 0.478 e. The Morgan fingerprint density at radius 3 is 2.81 bits per heavy atom. The van der Waals surface area contributed by atoms with Crippen molar-refractivity contribution in [1.82, 2.24) is 4.90 Å². The molecule has 0 bridgehead atoms. The number of rotatable bonds is 4. The maximum absolute atomic E-state index is 10.9. The van der Waals surface area contributed by atoms with Crippen molar-refractivity contribution < 1.29 is 9.90 Å². The molecule has 1 N–H and O–H groups in total. The first-order valence-corrected chi connectivity index (χ1v) is 7.59. The van der Waals surface area contributed by atoms with Crippen LogP contribution in [0.15, 0.2) is 23.2 Å². The summed E-state index contributed by atoms with van der Waals surface area (Å²) in [5, 5.41) is 8.99. The van der Waals surface area contributed by atoms with E-state index in [0.29, 0.717) is 11.6 Å². The molecule has 0 saturated carbocycles. The summed E-state index contributed by atoms with van der Waals surface area (Å²) in [7, 11) is 0. The van der Waals surface area contributed by atoms with Gasteiger partial charge in [0.25, 0.3) is 0 Å². The molecule has 1 aliphatic heterocycles. The molecular weight excluding hydrogens is 264 g/mol. The first-order chi connectivity index (χ1) is 9.97. The third kappa shape index (κ3) is 4.14. The molecule has 0 aliphatic carbocycles. The summed E-state index contributed by atoms with van der Waals surface area (Å²) in [6.07, 6.45) is 3.85. The van der Waals surface area contributed by atoms with E-state index < -0.39 is 5.97 Å². The first-order valence-electron chi connectivity index (χ1n) is 7.59. The Morgan fingerprint density at radius 2 is 2.19 bits per heavy atom. The van der Waals surface area contributed by atoms with Gasteiger partial charge >= 0.3 is 5.97 Å². The van der Waals surface area contributed by atoms with Gasteiger partial charge < -0.3 is 5.11 Å². The molecule has 0 unspecified atom stereocenters. The van der Waals surface area contributed by atoms with Gasteiger partial charge in [0, 0.05) is 18.3 Å². The Bertz CT molecular complexity index is 552. The SMILES string of the molecule is CC(CN1CCCC[C@@H]1C)=Nc1ccc(C(=O)O)cc1C. The average Bonchev–Trinajstić information content (AvgIpc) is 2.43. The lowest BCUT2D eigenvalue weighted by Gasteiger charge is -2.33. The zero-order valence-electron chi connectivity index (χ0n) is 13.1. The zero-order chi connectivity index (χ0) is 15.4. The first kappa shape index (κ1) is 15.7. The Morgan fingerprint density at radius 1 is 1.43 bits per heavy atom. The van der Waals surface area contributed by atoms with Crippen LogP contribution in [0.25, 0.3) is 0 Å². The lowest BCUT2D eigenvalue weighted by Crippen LogP contribution is -2.40. The molecule has 1 aliphatic rings. The van der Waals surface area contributed by atoms with Crippen LogP contribution in [-0.4, -0.2) is 40.8 Å². The summed E-state index contributed by atoms with van der Waals surface area (Å²) < 4.78 is 0. The Balaban J connectivity index is 2.09. The van der Waals surface area contributed by atoms with Crippen molar-refractivity contribution in [2.24, 2.45) is 4.99 Å². The van der Waals surface area contributed by atoms with Gasteiger partial charge in [-0.1, -0.05) is 6.42 Å². The number of hydrogen-bond acceptors (Lipinski definition) is 3. The number of aryl methyl sites for hydroxylation is 1. The monoisotopic (exact) mass is 288 g/mol. The van der Waals surface area contributed by atoms with Crippen molar-refractivity contribution in [3.05, 3.63) is 29.3 Å². The molecule has 1 atom stereocenters. The van der Waals surface area contributed by atoms with E-state index in [0.717, 1.165) is 30.1 Å². The number of carbonyl (C=O) groups is 1. The Kier molecular flexibility index (Phi) is 5.12. The van der Waals surface area contributed by atoms with E-state index in [1.54, 1.807) is 18.2 Å². The summed E-state index contributed by atoms with van der Waals surface area (Å²) in [6, 6.07) is 5.71. The third-order valence-corrected chi connectivity index (χ3v) is 4.13. The minimum Gasteiger partial charge on any atom is -0.478 e. The third-order valence-electron chi connectivity index (χ3n) is 4.13. The Hall–Kier alpha value is -1.68. The number of carboxylic acid groups (broad SMARTS) is 1. The molecule has 0 spiro atoms. The van der Waals surface area contributed by atoms with E-state index in [9.17, 15) is 4.79 Å². The lowest BCUT2D eigenvalue weighted by atomic mass is 10.0. The number of likely N-dealkylation sites (tertiary alicyclic amines) is 1. The molecule has 0 amide bonds. The van der Waals surface area contributed by atoms with Gasteiger partial charge in [-0.25, -0.2) is 4.79 Å². The molecule has 1 aromatic rings. The summed E-state index contributed by atoms with van der Waals surface area (Å²) in [5.41, 5.74) is 3.16. The molecule has 1 saturated heterocycles. The van der Waals surface area contributed by atoms with Crippen LogP contribution in [0.4, 0.5) is 5.69 Å². The van der Waals surface area contributed by atoms with Gasteiger partial charge in [0.05, 0.1) is 11.3 Å². The second-order valence-corrected chi connectivity index (χ2v) is 5.97. The van der Waals surface area contributed by atoms with Crippen molar-refractivity contribution in [2.75, 3.05) is 13.1 Å². The number of aromatic carboxylic acids is 1. The molecule has 0 radical (unpaired) electrons. The predicted octanol–water partition coefficient (Wildman–Crippen LogP) is 3.66. The fraction of sp³-hybridized carbons (Fsp3) is 0.529. The minimum absolute atomic E-state index is 0.314. The van der Waals surface area contributed by atoms with Crippen molar-refractivity contribution in [3.8, 4) is 0 Å². The lowest BCUT2D eigenvalue weighted by molar-refractivity contribution is 0.0697. The highest BCUT2D eigenvalue weighted by Crippen LogP contribution is 2.21. The second kappa shape index (κ2) is 6.85. The van der Waals surface area contributed by atoms with Gasteiger partial charge in [0.15, 0.2) is 0 Å². The van der Waals surface area contributed by atoms with Crippen LogP contribution in [0.3, 0.4) is 0 Å². The van der Waals surface area contributed by atoms with Crippen LogP contribution in [0.2, 0.25) is 0 Å². The Labute approximate surface area is 126 Å². The molecule has 2 rings (SSSR count). The molecule has 1 heterocycles. The van der Waals surface area contributed by atoms with Crippen LogP contribution in [0.1, 0.15) is 49.0 Å². The van der Waals surface area contributed by atoms with Gasteiger partial charge in [0.2, 0.25) is 0 Å². The van der Waals surface area contributed by atoms with E-state index >= 15 is 0 Å². The van der Waals surface area contributed by atoms with Gasteiger partial charge in [-0.05, 0) is 63.9 Å². The van der Waals surface area contributed by atoms with Gasteiger partial charge in [-0.3, -0.25) is 9.89 Å². The quantitative estimate of drug-likeness (QED) is 0.860. The summed E-state index contributed by atoms with van der Waals surface area (Å²) in [6.45, 7) is 8.26. The smallest absolute Gasteiger partial charge is 0.335 e. The maximum atomic E-state index is 10.9. The van der Waals surface area contributed by atoms with Crippen molar-refractivity contribution in [2.45, 2.75) is 46.1 Å². The topological polar surface area (TPSA) is 52.9 Å². The highest BCUT2D eigenvalue weighted by atomic mass is 16.4. The fourth-order valence-corrected chi connectivity index (χ4v) is 2.84. The predicted molar refractivity (Wildman–Crippen MR) is 85.8 cm³/mol. The van der Waals surface area contributed by atoms with Gasteiger partial charge in [0.1, 0.15) is 0 Å². The van der Waals surface area contributed by atoms with Gasteiger partial charge in [-0.2, -0.15) is 0 Å². The van der Waals surface area contributed by atoms with Crippen LogP contribution in [0.5, 0.6) is 0 Å². The standard InChI is InChI=1S/C17H24N2O2/c1-12-10-15(17(20)21)7-8-16(12)18-13(2)11-19-9-5-4-6-14(19)3/h7-8,10,14H,4-6,9,11H2,1-3H3,(H,20,21)/t14-/m0/s1. The number of carboxylic acids is 1. The fourth-order valence-electron chi connectivity index (χ4n) is 2.84. The number of nitrogens with zero attached hydrogens (tertiary/aromatic N) is 2. The van der Waals surface area contributed by atoms with Crippen molar-refractivity contribution >= 4 is 17.4 Å². The minimum atomic E-state index is -0.896. The summed E-state index contributed by atoms with van der Waals surface area (Å²) in [5.74, 6) is -0.896. The normalized spacial score (nSPS) is 20.5. The highest BCUT2D eigenvalue weighted by Gasteiger charge is 2.18. The summed E-state index contributed by atoms with van der Waals surface area (Å²) in [4.78, 5) is 18.1. The highest BCUT2D eigenvalue weighted by molar-refractivity contribution is 5.90. The molecule has 114 valence electrons. The van der Waals surface area contributed by atoms with Crippen LogP contribution in [-0.2, 0) is 0 Å². The number of piperidine rings is 1. The van der Waals surface area contributed by atoms with E-state index in [4.69, 9.17) is 5.11 Å². The van der Waals surface area contributed by atoms with Gasteiger partial charge in [-0.15, -0.1) is 0 Å². The van der Waals surface area contributed by atoms with Crippen molar-refractivity contribution in [3.63, 3.8) is 0 Å². The van der Waals surface area contributed by atoms with Crippen molar-refractivity contribution in [1.29, 1.82) is 0 Å². The van der Waals surface area contributed by atoms with E-state index in [-0.39, 0.29) is 0 Å². The zero-order valence-corrected chi connectivity index (χ0v) is 13.1. The average molecular weight is 288 g/mol. The van der Waals surface area contributed by atoms with Crippen LogP contribution < -0.4 is 0 Å². The maximum Gasteiger partial charge on any atom is 0.335 e. The number of hydrogen-bond donors (Lipinski definition) is 1. The molecule has 4 nitrogen and oxygen atoms in total. The second-order valence-electron chi connectivity index (χ2n) is 5.97.